The molecule has 0 saturated heterocycles. The van der Waals surface area contributed by atoms with Gasteiger partial charge in [0.2, 0.25) is 0 Å². The molecule has 0 heterocycles. The third-order valence-electron chi connectivity index (χ3n) is 2.95. The first kappa shape index (κ1) is 20.8. The van der Waals surface area contributed by atoms with Crippen molar-refractivity contribution in [2.24, 2.45) is 0 Å². The van der Waals surface area contributed by atoms with Gasteiger partial charge in [-0.25, -0.2) is 9.59 Å². The van der Waals surface area contributed by atoms with E-state index in [-0.39, 0.29) is 5.75 Å². The summed E-state index contributed by atoms with van der Waals surface area (Å²) in [6.45, 7) is 2.51. The molecule has 8 heteroatoms. The van der Waals surface area contributed by atoms with E-state index < -0.39 is 23.8 Å². The van der Waals surface area contributed by atoms with E-state index in [0.29, 0.717) is 11.5 Å². The van der Waals surface area contributed by atoms with Crippen molar-refractivity contribution in [3.05, 3.63) is 54.6 Å². The van der Waals surface area contributed by atoms with E-state index in [2.05, 4.69) is 0 Å². The molecule has 26 heavy (non-hydrogen) atoms. The molecule has 8 nitrogen and oxygen atoms in total. The minimum Gasteiger partial charge on any atom is -0.508 e. The quantitative estimate of drug-likeness (QED) is 0.573. The van der Waals surface area contributed by atoms with Crippen molar-refractivity contribution >= 4 is 11.9 Å². The third-order valence-corrected chi connectivity index (χ3v) is 2.95. The molecule has 140 valence electrons. The van der Waals surface area contributed by atoms with E-state index in [1.54, 1.807) is 30.3 Å². The predicted octanol–water partition coefficient (Wildman–Crippen LogP) is 2.10. The summed E-state index contributed by atoms with van der Waals surface area (Å²) >= 11 is 0. The van der Waals surface area contributed by atoms with E-state index in [1.807, 2.05) is 0 Å². The van der Waals surface area contributed by atoms with Crippen LogP contribution in [0.2, 0.25) is 0 Å². The highest BCUT2D eigenvalue weighted by Gasteiger charge is 2.32. The van der Waals surface area contributed by atoms with Crippen LogP contribution in [-0.2, 0) is 9.59 Å². The standard InChI is InChI=1S/2C9H10O4/c1-6(9(11)12)13-8-4-2-7(10)3-5-8;1-9(12,8(10)11)13-7-5-3-2-4-6-7/h2-6,10H,1H3,(H,11,12);2-6,12H,1H3,(H,10,11). The lowest BCUT2D eigenvalue weighted by Crippen LogP contribution is -2.41. The Labute approximate surface area is 149 Å². The van der Waals surface area contributed by atoms with E-state index in [0.717, 1.165) is 6.92 Å². The van der Waals surface area contributed by atoms with Crippen molar-refractivity contribution in [3.63, 3.8) is 0 Å². The highest BCUT2D eigenvalue weighted by atomic mass is 16.6. The predicted molar refractivity (Wildman–Crippen MR) is 91.2 cm³/mol. The molecule has 2 rings (SSSR count). The minimum atomic E-state index is -2.18. The maximum absolute atomic E-state index is 10.5. The summed E-state index contributed by atoms with van der Waals surface area (Å²) in [5, 5.41) is 35.2. The number of para-hydroxylation sites is 1. The molecule has 0 aliphatic heterocycles. The number of benzene rings is 2. The van der Waals surface area contributed by atoms with Gasteiger partial charge < -0.3 is 29.9 Å². The average molecular weight is 364 g/mol. The number of aromatic hydroxyl groups is 1. The zero-order valence-corrected chi connectivity index (χ0v) is 14.2. The fourth-order valence-corrected chi connectivity index (χ4v) is 1.54. The SMILES string of the molecule is CC(O)(Oc1ccccc1)C(=O)O.CC(Oc1ccc(O)cc1)C(=O)O. The summed E-state index contributed by atoms with van der Waals surface area (Å²) < 4.78 is 9.84. The van der Waals surface area contributed by atoms with E-state index in [4.69, 9.17) is 24.8 Å². The molecule has 0 fully saturated rings. The molecule has 0 saturated carbocycles. The van der Waals surface area contributed by atoms with Crippen LogP contribution in [0.4, 0.5) is 0 Å². The fourth-order valence-electron chi connectivity index (χ4n) is 1.54. The number of phenolic OH excluding ortho intramolecular Hbond substituents is 1. The highest BCUT2D eigenvalue weighted by Crippen LogP contribution is 2.17. The van der Waals surface area contributed by atoms with Crippen LogP contribution >= 0.6 is 0 Å². The molecule has 0 aromatic heterocycles. The van der Waals surface area contributed by atoms with Crippen molar-refractivity contribution < 1.29 is 39.5 Å². The topological polar surface area (TPSA) is 134 Å². The van der Waals surface area contributed by atoms with Crippen LogP contribution in [0, 0.1) is 0 Å². The van der Waals surface area contributed by atoms with Crippen molar-refractivity contribution in [1.82, 2.24) is 0 Å². The summed E-state index contributed by atoms with van der Waals surface area (Å²) in [5.41, 5.74) is 0. The van der Waals surface area contributed by atoms with Gasteiger partial charge in [-0.05, 0) is 43.3 Å². The van der Waals surface area contributed by atoms with Crippen LogP contribution in [0.3, 0.4) is 0 Å². The number of ether oxygens (including phenoxy) is 2. The maximum atomic E-state index is 10.5. The Hall–Kier alpha value is -3.26. The molecule has 2 aromatic carbocycles. The first-order valence-corrected chi connectivity index (χ1v) is 7.50. The maximum Gasteiger partial charge on any atom is 0.376 e. The van der Waals surface area contributed by atoms with Gasteiger partial charge in [0.05, 0.1) is 0 Å². The lowest BCUT2D eigenvalue weighted by molar-refractivity contribution is -0.188. The zero-order chi connectivity index (χ0) is 19.7. The molecular weight excluding hydrogens is 344 g/mol. The molecule has 0 aliphatic carbocycles. The Kier molecular flexibility index (Phi) is 7.42. The molecule has 0 radical (unpaired) electrons. The molecule has 2 unspecified atom stereocenters. The van der Waals surface area contributed by atoms with Crippen molar-refractivity contribution in [2.45, 2.75) is 25.7 Å². The number of hydrogen-bond donors (Lipinski definition) is 4. The Bertz CT molecular complexity index is 710. The second-order valence-corrected chi connectivity index (χ2v) is 5.30. The first-order chi connectivity index (χ1) is 12.1. The Morgan fingerprint density at radius 2 is 1.50 bits per heavy atom. The van der Waals surface area contributed by atoms with Gasteiger partial charge >= 0.3 is 17.7 Å². The summed E-state index contributed by atoms with van der Waals surface area (Å²) in [6, 6.07) is 14.2. The van der Waals surface area contributed by atoms with Crippen LogP contribution in [0.15, 0.2) is 54.6 Å². The van der Waals surface area contributed by atoms with Crippen molar-refractivity contribution in [1.29, 1.82) is 0 Å². The number of carboxylic acids is 2. The van der Waals surface area contributed by atoms with Gasteiger partial charge in [0.15, 0.2) is 6.10 Å². The number of carbonyl (C=O) groups is 2. The summed E-state index contributed by atoms with van der Waals surface area (Å²) in [4.78, 5) is 20.8. The fraction of sp³-hybridized carbons (Fsp3) is 0.222. The minimum absolute atomic E-state index is 0.121. The van der Waals surface area contributed by atoms with Gasteiger partial charge in [0.25, 0.3) is 0 Å². The molecular formula is C18H20O8. The van der Waals surface area contributed by atoms with E-state index in [9.17, 15) is 14.7 Å². The van der Waals surface area contributed by atoms with E-state index in [1.165, 1.54) is 31.2 Å². The number of carboxylic acid groups (broad SMARTS) is 2. The van der Waals surface area contributed by atoms with Crippen LogP contribution in [0.25, 0.3) is 0 Å². The molecule has 4 N–H and O–H groups in total. The molecule has 2 aromatic rings. The van der Waals surface area contributed by atoms with Crippen molar-refractivity contribution in [3.8, 4) is 17.2 Å². The lowest BCUT2D eigenvalue weighted by Gasteiger charge is -2.19. The molecule has 0 aliphatic rings. The van der Waals surface area contributed by atoms with Crippen LogP contribution in [-0.4, -0.2) is 44.3 Å². The van der Waals surface area contributed by atoms with Gasteiger partial charge in [-0.15, -0.1) is 0 Å². The van der Waals surface area contributed by atoms with Gasteiger partial charge in [-0.2, -0.15) is 0 Å². The Balaban J connectivity index is 0.000000260. The van der Waals surface area contributed by atoms with Gasteiger partial charge in [0.1, 0.15) is 17.2 Å². The van der Waals surface area contributed by atoms with Crippen molar-refractivity contribution in [2.75, 3.05) is 0 Å². The number of aliphatic carboxylic acids is 2. The highest BCUT2D eigenvalue weighted by molar-refractivity contribution is 5.75. The lowest BCUT2D eigenvalue weighted by atomic mass is 10.3. The van der Waals surface area contributed by atoms with E-state index >= 15 is 0 Å². The van der Waals surface area contributed by atoms with Crippen LogP contribution in [0.1, 0.15) is 13.8 Å². The molecule has 0 amide bonds. The largest absolute Gasteiger partial charge is 0.508 e. The Morgan fingerprint density at radius 3 is 1.96 bits per heavy atom. The smallest absolute Gasteiger partial charge is 0.376 e. The molecule has 2 atom stereocenters. The third kappa shape index (κ3) is 7.10. The Morgan fingerprint density at radius 1 is 0.962 bits per heavy atom. The number of hydrogen-bond acceptors (Lipinski definition) is 6. The van der Waals surface area contributed by atoms with Gasteiger partial charge in [-0.3, -0.25) is 0 Å². The molecule has 0 spiro atoms. The summed E-state index contributed by atoms with van der Waals surface area (Å²) in [5.74, 6) is -3.76. The zero-order valence-electron chi connectivity index (χ0n) is 14.2. The second-order valence-electron chi connectivity index (χ2n) is 5.30. The number of rotatable bonds is 6. The summed E-state index contributed by atoms with van der Waals surface area (Å²) in [7, 11) is 0. The molecule has 0 bridgehead atoms. The summed E-state index contributed by atoms with van der Waals surface area (Å²) in [6.07, 6.45) is -0.885. The number of aliphatic hydroxyl groups is 1. The van der Waals surface area contributed by atoms with Crippen LogP contribution < -0.4 is 9.47 Å². The number of phenols is 1. The first-order valence-electron chi connectivity index (χ1n) is 7.50. The average Bonchev–Trinajstić information content (AvgIpc) is 2.58. The van der Waals surface area contributed by atoms with Crippen LogP contribution in [0.5, 0.6) is 17.2 Å². The van der Waals surface area contributed by atoms with Gasteiger partial charge in [0, 0.05) is 6.92 Å². The van der Waals surface area contributed by atoms with Gasteiger partial charge in [-0.1, -0.05) is 18.2 Å². The normalized spacial score (nSPS) is 13.3. The monoisotopic (exact) mass is 364 g/mol. The second kappa shape index (κ2) is 9.28.